The number of thiocarbonyl (C=S) groups is 1. The highest BCUT2D eigenvalue weighted by molar-refractivity contribution is 7.80. The van der Waals surface area contributed by atoms with Crippen molar-refractivity contribution in [1.82, 2.24) is 9.99 Å². The van der Waals surface area contributed by atoms with E-state index < -0.39 is 0 Å². The van der Waals surface area contributed by atoms with Crippen LogP contribution in [0.5, 0.6) is 0 Å². The quantitative estimate of drug-likeness (QED) is 0.476. The number of ether oxygens (including phenoxy) is 1. The van der Waals surface area contributed by atoms with Crippen LogP contribution < -0.4 is 10.7 Å². The molecule has 5 nitrogen and oxygen atoms in total. The number of hydrogen-bond acceptors (Lipinski definition) is 3. The molecule has 0 aliphatic carbocycles. The fraction of sp³-hybridized carbons (Fsp3) is 0.368. The molecule has 1 aliphatic rings. The van der Waals surface area contributed by atoms with Crippen molar-refractivity contribution in [3.63, 3.8) is 0 Å². The molecular formula is C19H23FN4OS. The summed E-state index contributed by atoms with van der Waals surface area (Å²) in [6, 6.07) is 8.44. The lowest BCUT2D eigenvalue weighted by Crippen LogP contribution is -2.24. The van der Waals surface area contributed by atoms with E-state index in [0.29, 0.717) is 11.8 Å². The van der Waals surface area contributed by atoms with Crippen molar-refractivity contribution >= 4 is 29.2 Å². The number of benzene rings is 1. The number of nitrogens with zero attached hydrogens (tertiary/aromatic N) is 2. The molecule has 1 atom stereocenters. The van der Waals surface area contributed by atoms with Gasteiger partial charge in [-0.05, 0) is 57.1 Å². The average Bonchev–Trinajstić information content (AvgIpc) is 3.21. The SMILES string of the molecule is Cc1cc(/C=N\NC(=S)Nc2ccccc2F)c(C)n1C[C@H]1CCCO1. The third kappa shape index (κ3) is 4.47. The van der Waals surface area contributed by atoms with Gasteiger partial charge in [0.1, 0.15) is 5.82 Å². The van der Waals surface area contributed by atoms with Gasteiger partial charge in [0, 0.05) is 30.1 Å². The normalized spacial score (nSPS) is 17.0. The van der Waals surface area contributed by atoms with E-state index in [1.54, 1.807) is 24.4 Å². The van der Waals surface area contributed by atoms with Crippen LogP contribution in [-0.2, 0) is 11.3 Å². The van der Waals surface area contributed by atoms with Gasteiger partial charge in [-0.25, -0.2) is 4.39 Å². The van der Waals surface area contributed by atoms with Crippen LogP contribution in [-0.4, -0.2) is 28.6 Å². The Bertz CT molecular complexity index is 812. The number of nitrogens with one attached hydrogen (secondary N) is 2. The zero-order valence-electron chi connectivity index (χ0n) is 15.0. The first-order valence-corrected chi connectivity index (χ1v) is 9.08. The van der Waals surface area contributed by atoms with E-state index in [-0.39, 0.29) is 10.9 Å². The first-order valence-electron chi connectivity index (χ1n) is 8.67. The fourth-order valence-corrected chi connectivity index (χ4v) is 3.27. The van der Waals surface area contributed by atoms with E-state index in [0.717, 1.165) is 37.3 Å². The Labute approximate surface area is 158 Å². The van der Waals surface area contributed by atoms with E-state index in [9.17, 15) is 4.39 Å². The molecule has 7 heteroatoms. The first-order chi connectivity index (χ1) is 12.5. The van der Waals surface area contributed by atoms with Crippen LogP contribution in [0, 0.1) is 19.7 Å². The highest BCUT2D eigenvalue weighted by Gasteiger charge is 2.18. The molecule has 0 radical (unpaired) electrons. The molecule has 1 aliphatic heterocycles. The van der Waals surface area contributed by atoms with Gasteiger partial charge < -0.3 is 14.6 Å². The molecule has 26 heavy (non-hydrogen) atoms. The number of para-hydroxylation sites is 1. The molecule has 138 valence electrons. The minimum absolute atomic E-state index is 0.236. The number of aryl methyl sites for hydroxylation is 1. The Morgan fingerprint density at radius 3 is 2.96 bits per heavy atom. The van der Waals surface area contributed by atoms with Gasteiger partial charge in [0.2, 0.25) is 0 Å². The van der Waals surface area contributed by atoms with Gasteiger partial charge in [-0.2, -0.15) is 5.10 Å². The Balaban J connectivity index is 1.59. The highest BCUT2D eigenvalue weighted by Crippen LogP contribution is 2.19. The molecule has 0 amide bonds. The van der Waals surface area contributed by atoms with Gasteiger partial charge in [0.25, 0.3) is 0 Å². The number of anilines is 1. The van der Waals surface area contributed by atoms with Crippen LogP contribution in [0.25, 0.3) is 0 Å². The van der Waals surface area contributed by atoms with E-state index in [1.165, 1.54) is 11.8 Å². The summed E-state index contributed by atoms with van der Waals surface area (Å²) < 4.78 is 21.6. The monoisotopic (exact) mass is 374 g/mol. The van der Waals surface area contributed by atoms with Crippen molar-refractivity contribution in [1.29, 1.82) is 0 Å². The van der Waals surface area contributed by atoms with Crippen molar-refractivity contribution in [2.75, 3.05) is 11.9 Å². The molecule has 0 spiro atoms. The predicted molar refractivity (Wildman–Crippen MR) is 106 cm³/mol. The molecule has 2 heterocycles. The van der Waals surface area contributed by atoms with Crippen LogP contribution in [0.1, 0.15) is 29.8 Å². The van der Waals surface area contributed by atoms with Gasteiger partial charge in [0.15, 0.2) is 5.11 Å². The third-order valence-electron chi connectivity index (χ3n) is 4.51. The minimum atomic E-state index is -0.363. The minimum Gasteiger partial charge on any atom is -0.376 e. The highest BCUT2D eigenvalue weighted by atomic mass is 32.1. The summed E-state index contributed by atoms with van der Waals surface area (Å²) in [6.07, 6.45) is 4.26. The van der Waals surface area contributed by atoms with Crippen molar-refractivity contribution in [2.24, 2.45) is 5.10 Å². The largest absolute Gasteiger partial charge is 0.376 e. The summed E-state index contributed by atoms with van der Waals surface area (Å²) in [4.78, 5) is 0. The smallest absolute Gasteiger partial charge is 0.191 e. The van der Waals surface area contributed by atoms with Crippen molar-refractivity contribution in [3.05, 3.63) is 53.1 Å². The van der Waals surface area contributed by atoms with E-state index >= 15 is 0 Å². The summed E-state index contributed by atoms with van der Waals surface area (Å²) in [5.41, 5.74) is 6.36. The average molecular weight is 374 g/mol. The second kappa shape index (κ2) is 8.42. The lowest BCUT2D eigenvalue weighted by Gasteiger charge is -2.14. The maximum Gasteiger partial charge on any atom is 0.191 e. The number of hydrogen-bond donors (Lipinski definition) is 2. The maximum atomic E-state index is 13.6. The Kier molecular flexibility index (Phi) is 6.00. The molecule has 2 N–H and O–H groups in total. The number of halogens is 1. The Morgan fingerprint density at radius 2 is 2.23 bits per heavy atom. The lowest BCUT2D eigenvalue weighted by molar-refractivity contribution is 0.0962. The molecule has 0 unspecified atom stereocenters. The summed E-state index contributed by atoms with van der Waals surface area (Å²) >= 11 is 5.15. The van der Waals surface area contributed by atoms with Gasteiger partial charge in [0.05, 0.1) is 18.0 Å². The first kappa shape index (κ1) is 18.5. The standard InChI is InChI=1S/C19H23FN4OS/c1-13-10-15(14(2)24(13)12-16-6-5-9-25-16)11-21-23-19(26)22-18-8-4-3-7-17(18)20/h3-4,7-8,10-11,16H,5-6,9,12H2,1-2H3,(H2,22,23,26)/b21-11-/t16-/m1/s1. The van der Waals surface area contributed by atoms with Crippen LogP contribution in [0.3, 0.4) is 0 Å². The van der Waals surface area contributed by atoms with Crippen LogP contribution in [0.2, 0.25) is 0 Å². The number of aromatic nitrogens is 1. The van der Waals surface area contributed by atoms with Gasteiger partial charge >= 0.3 is 0 Å². The van der Waals surface area contributed by atoms with Crippen molar-refractivity contribution in [2.45, 2.75) is 39.3 Å². The Morgan fingerprint density at radius 1 is 1.42 bits per heavy atom. The zero-order valence-corrected chi connectivity index (χ0v) is 15.8. The molecule has 1 aromatic carbocycles. The number of hydrazone groups is 1. The molecule has 2 aromatic rings. The summed E-state index contributed by atoms with van der Waals surface area (Å²) in [5, 5.41) is 7.19. The number of rotatable bonds is 5. The maximum absolute atomic E-state index is 13.6. The van der Waals surface area contributed by atoms with Crippen molar-refractivity contribution < 1.29 is 9.13 Å². The van der Waals surface area contributed by atoms with Gasteiger partial charge in [-0.1, -0.05) is 12.1 Å². The molecule has 0 bridgehead atoms. The topological polar surface area (TPSA) is 50.6 Å². The Hall–Kier alpha value is -2.25. The second-order valence-corrected chi connectivity index (χ2v) is 6.78. The predicted octanol–water partition coefficient (Wildman–Crippen LogP) is 3.74. The molecular weight excluding hydrogens is 351 g/mol. The molecule has 0 saturated carbocycles. The van der Waals surface area contributed by atoms with E-state index in [4.69, 9.17) is 17.0 Å². The van der Waals surface area contributed by atoms with Crippen LogP contribution >= 0.6 is 12.2 Å². The summed E-state index contributed by atoms with van der Waals surface area (Å²) in [6.45, 7) is 5.87. The van der Waals surface area contributed by atoms with Crippen molar-refractivity contribution in [3.8, 4) is 0 Å². The third-order valence-corrected chi connectivity index (χ3v) is 4.71. The molecule has 1 saturated heterocycles. The van der Waals surface area contributed by atoms with Crippen LogP contribution in [0.15, 0.2) is 35.4 Å². The van der Waals surface area contributed by atoms with Crippen LogP contribution in [0.4, 0.5) is 10.1 Å². The molecule has 3 rings (SSSR count). The second-order valence-electron chi connectivity index (χ2n) is 6.38. The summed E-state index contributed by atoms with van der Waals surface area (Å²) in [5.74, 6) is -0.363. The van der Waals surface area contributed by atoms with E-state index in [2.05, 4.69) is 40.3 Å². The zero-order chi connectivity index (χ0) is 18.5. The summed E-state index contributed by atoms with van der Waals surface area (Å²) in [7, 11) is 0. The fourth-order valence-electron chi connectivity index (χ4n) is 3.10. The van der Waals surface area contributed by atoms with E-state index in [1.807, 2.05) is 0 Å². The lowest BCUT2D eigenvalue weighted by atomic mass is 10.2. The molecule has 1 fully saturated rings. The van der Waals surface area contributed by atoms with Gasteiger partial charge in [-0.3, -0.25) is 5.43 Å². The molecule has 1 aromatic heterocycles. The van der Waals surface area contributed by atoms with Gasteiger partial charge in [-0.15, -0.1) is 0 Å².